The smallest absolute Gasteiger partial charge is 0.389 e. The van der Waals surface area contributed by atoms with Gasteiger partial charge < -0.3 is 5.11 Å². The summed E-state index contributed by atoms with van der Waals surface area (Å²) in [5.74, 6) is -0.613. The van der Waals surface area contributed by atoms with Crippen molar-refractivity contribution >= 4 is 10.0 Å². The zero-order valence-corrected chi connectivity index (χ0v) is 11.9. The van der Waals surface area contributed by atoms with Gasteiger partial charge in [0.2, 0.25) is 10.0 Å². The van der Waals surface area contributed by atoms with Crippen molar-refractivity contribution in [2.24, 2.45) is 0 Å². The SMILES string of the molecule is O=S(=O)(CCCC(F)(F)F)NC1c2ccccc2CC1O. The first-order valence-electron chi connectivity index (χ1n) is 6.50. The Hall–Kier alpha value is -1.12. The van der Waals surface area contributed by atoms with E-state index in [1.54, 1.807) is 24.3 Å². The summed E-state index contributed by atoms with van der Waals surface area (Å²) in [4.78, 5) is 0. The van der Waals surface area contributed by atoms with Crippen LogP contribution >= 0.6 is 0 Å². The van der Waals surface area contributed by atoms with Crippen LogP contribution in [0.25, 0.3) is 0 Å². The average Bonchev–Trinajstić information content (AvgIpc) is 2.64. The summed E-state index contributed by atoms with van der Waals surface area (Å²) >= 11 is 0. The lowest BCUT2D eigenvalue weighted by Crippen LogP contribution is -2.35. The molecule has 0 fully saturated rings. The number of hydrogen-bond acceptors (Lipinski definition) is 3. The molecule has 0 saturated heterocycles. The highest BCUT2D eigenvalue weighted by Gasteiger charge is 2.34. The highest BCUT2D eigenvalue weighted by molar-refractivity contribution is 7.89. The second-order valence-electron chi connectivity index (χ2n) is 5.10. The van der Waals surface area contributed by atoms with E-state index in [4.69, 9.17) is 0 Å². The quantitative estimate of drug-likeness (QED) is 0.870. The van der Waals surface area contributed by atoms with Crippen LogP contribution in [-0.4, -0.2) is 31.6 Å². The number of rotatable bonds is 5. The Balaban J connectivity index is 2.00. The third-order valence-electron chi connectivity index (χ3n) is 3.38. The molecular formula is C13H16F3NO3S. The second kappa shape index (κ2) is 5.94. The minimum atomic E-state index is -4.37. The summed E-state index contributed by atoms with van der Waals surface area (Å²) in [6.07, 6.45) is -6.58. The van der Waals surface area contributed by atoms with Crippen LogP contribution in [0.3, 0.4) is 0 Å². The summed E-state index contributed by atoms with van der Waals surface area (Å²) < 4.78 is 62.1. The van der Waals surface area contributed by atoms with E-state index in [9.17, 15) is 26.7 Å². The average molecular weight is 323 g/mol. The molecule has 1 aliphatic carbocycles. The van der Waals surface area contributed by atoms with Gasteiger partial charge in [-0.2, -0.15) is 13.2 Å². The molecule has 2 unspecified atom stereocenters. The van der Waals surface area contributed by atoms with Gasteiger partial charge in [0.25, 0.3) is 0 Å². The van der Waals surface area contributed by atoms with Gasteiger partial charge in [0.05, 0.1) is 17.9 Å². The van der Waals surface area contributed by atoms with Gasteiger partial charge >= 0.3 is 6.18 Å². The van der Waals surface area contributed by atoms with Crippen molar-refractivity contribution in [3.63, 3.8) is 0 Å². The van der Waals surface area contributed by atoms with Crippen molar-refractivity contribution in [1.82, 2.24) is 4.72 Å². The number of aliphatic hydroxyl groups excluding tert-OH is 1. The van der Waals surface area contributed by atoms with Crippen LogP contribution in [0.2, 0.25) is 0 Å². The largest absolute Gasteiger partial charge is 0.391 e. The Kier molecular flexibility index (Phi) is 4.60. The summed E-state index contributed by atoms with van der Waals surface area (Å²) in [5, 5.41) is 9.92. The molecule has 4 nitrogen and oxygen atoms in total. The predicted molar refractivity (Wildman–Crippen MR) is 71.1 cm³/mol. The molecule has 1 aliphatic rings. The highest BCUT2D eigenvalue weighted by Crippen LogP contribution is 2.32. The standard InChI is InChI=1S/C13H16F3NO3S/c14-13(15,16)6-3-7-21(19,20)17-12-10-5-2-1-4-9(10)8-11(12)18/h1-2,4-5,11-12,17-18H,3,6-8H2. The Morgan fingerprint density at radius 2 is 1.95 bits per heavy atom. The van der Waals surface area contributed by atoms with Gasteiger partial charge in [-0.15, -0.1) is 0 Å². The molecule has 8 heteroatoms. The molecular weight excluding hydrogens is 307 g/mol. The number of fused-ring (bicyclic) bond motifs is 1. The molecule has 0 amide bonds. The minimum Gasteiger partial charge on any atom is -0.391 e. The lowest BCUT2D eigenvalue weighted by molar-refractivity contribution is -0.134. The fraction of sp³-hybridized carbons (Fsp3) is 0.538. The third-order valence-corrected chi connectivity index (χ3v) is 4.82. The zero-order chi connectivity index (χ0) is 15.7. The summed E-state index contributed by atoms with van der Waals surface area (Å²) in [6, 6.07) is 6.20. The molecule has 118 valence electrons. The topological polar surface area (TPSA) is 66.4 Å². The van der Waals surface area contributed by atoms with E-state index in [2.05, 4.69) is 4.72 Å². The lowest BCUT2D eigenvalue weighted by Gasteiger charge is -2.18. The monoisotopic (exact) mass is 323 g/mol. The molecule has 2 N–H and O–H groups in total. The van der Waals surface area contributed by atoms with Gasteiger partial charge in [-0.05, 0) is 17.5 Å². The van der Waals surface area contributed by atoms with Crippen LogP contribution in [0.4, 0.5) is 13.2 Å². The van der Waals surface area contributed by atoms with Crippen LogP contribution < -0.4 is 4.72 Å². The predicted octanol–water partition coefficient (Wildman–Crippen LogP) is 1.91. The maximum atomic E-state index is 12.0. The number of alkyl halides is 3. The Morgan fingerprint density at radius 1 is 1.29 bits per heavy atom. The highest BCUT2D eigenvalue weighted by atomic mass is 32.2. The van der Waals surface area contributed by atoms with E-state index in [1.807, 2.05) is 0 Å². The van der Waals surface area contributed by atoms with Crippen LogP contribution in [-0.2, 0) is 16.4 Å². The molecule has 1 aromatic carbocycles. The first kappa shape index (κ1) is 16.3. The molecule has 2 rings (SSSR count). The van der Waals surface area contributed by atoms with E-state index in [0.717, 1.165) is 5.56 Å². The molecule has 0 bridgehead atoms. The van der Waals surface area contributed by atoms with E-state index >= 15 is 0 Å². The molecule has 21 heavy (non-hydrogen) atoms. The van der Waals surface area contributed by atoms with Gasteiger partial charge in [0, 0.05) is 12.8 Å². The number of hydrogen-bond donors (Lipinski definition) is 2. The van der Waals surface area contributed by atoms with Crippen molar-refractivity contribution in [3.05, 3.63) is 35.4 Å². The van der Waals surface area contributed by atoms with E-state index in [-0.39, 0.29) is 0 Å². The first-order valence-corrected chi connectivity index (χ1v) is 8.16. The van der Waals surface area contributed by atoms with Gasteiger partial charge in [0.1, 0.15) is 0 Å². The molecule has 0 saturated carbocycles. The Morgan fingerprint density at radius 3 is 2.62 bits per heavy atom. The third kappa shape index (κ3) is 4.42. The van der Waals surface area contributed by atoms with Crippen LogP contribution in [0.1, 0.15) is 30.0 Å². The van der Waals surface area contributed by atoms with Gasteiger partial charge in [-0.3, -0.25) is 0 Å². The fourth-order valence-corrected chi connectivity index (χ4v) is 3.74. The van der Waals surface area contributed by atoms with E-state index in [0.29, 0.717) is 12.0 Å². The van der Waals surface area contributed by atoms with Crippen molar-refractivity contribution in [3.8, 4) is 0 Å². The number of halogens is 3. The normalized spacial score (nSPS) is 22.3. The van der Waals surface area contributed by atoms with Crippen molar-refractivity contribution in [2.75, 3.05) is 5.75 Å². The Bertz CT molecular complexity index is 601. The first-order chi connectivity index (χ1) is 9.68. The van der Waals surface area contributed by atoms with Crippen LogP contribution in [0.5, 0.6) is 0 Å². The number of benzene rings is 1. The minimum absolute atomic E-state index is 0.325. The maximum absolute atomic E-state index is 12.0. The Labute approximate surface area is 121 Å². The van der Waals surface area contributed by atoms with Crippen molar-refractivity contribution in [1.29, 1.82) is 0 Å². The van der Waals surface area contributed by atoms with Gasteiger partial charge in [-0.1, -0.05) is 24.3 Å². The number of nitrogens with one attached hydrogen (secondary N) is 1. The molecule has 1 aromatic rings. The summed E-state index contributed by atoms with van der Waals surface area (Å²) in [6.45, 7) is 0. The maximum Gasteiger partial charge on any atom is 0.389 e. The number of aliphatic hydroxyl groups is 1. The van der Waals surface area contributed by atoms with Crippen molar-refractivity contribution in [2.45, 2.75) is 37.6 Å². The fourth-order valence-electron chi connectivity index (χ4n) is 2.43. The van der Waals surface area contributed by atoms with E-state index in [1.165, 1.54) is 0 Å². The molecule has 0 heterocycles. The molecule has 2 atom stereocenters. The zero-order valence-electron chi connectivity index (χ0n) is 11.1. The molecule has 0 radical (unpaired) electrons. The van der Waals surface area contributed by atoms with Gasteiger partial charge in [-0.25, -0.2) is 13.1 Å². The second-order valence-corrected chi connectivity index (χ2v) is 6.98. The summed E-state index contributed by atoms with van der Waals surface area (Å²) in [7, 11) is -3.87. The molecule has 0 aromatic heterocycles. The molecule has 0 aliphatic heterocycles. The van der Waals surface area contributed by atoms with Crippen LogP contribution in [0.15, 0.2) is 24.3 Å². The summed E-state index contributed by atoms with van der Waals surface area (Å²) in [5.41, 5.74) is 1.51. The molecule has 0 spiro atoms. The lowest BCUT2D eigenvalue weighted by atomic mass is 10.1. The van der Waals surface area contributed by atoms with Crippen LogP contribution in [0, 0.1) is 0 Å². The van der Waals surface area contributed by atoms with Gasteiger partial charge in [0.15, 0.2) is 0 Å². The number of sulfonamides is 1. The van der Waals surface area contributed by atoms with E-state index < -0.39 is 46.9 Å². The van der Waals surface area contributed by atoms with Crippen molar-refractivity contribution < 1.29 is 26.7 Å².